The van der Waals surface area contributed by atoms with Crippen molar-refractivity contribution in [2.24, 2.45) is 9.98 Å². The normalized spacial score (nSPS) is 14.4. The van der Waals surface area contributed by atoms with Crippen LogP contribution in [-0.2, 0) is 0 Å². The Hall–Kier alpha value is -1.35. The summed E-state index contributed by atoms with van der Waals surface area (Å²) in [6, 6.07) is 14.9. The Morgan fingerprint density at radius 2 is 0.429 bits per heavy atom. The highest BCUT2D eigenvalue weighted by Crippen LogP contribution is 2.48. The molecule has 0 aliphatic carbocycles. The Balaban J connectivity index is 3.33. The average molecular weight is 834 g/mol. The van der Waals surface area contributed by atoms with Gasteiger partial charge in [-0.25, -0.2) is 0 Å². The van der Waals surface area contributed by atoms with Crippen molar-refractivity contribution < 1.29 is 0 Å². The number of hydrogen-bond acceptors (Lipinski definition) is 2. The Bertz CT molecular complexity index is 1300. The molecule has 2 rings (SSSR count). The fourth-order valence-electron chi connectivity index (χ4n) is 14.7. The molecule has 6 heteroatoms. The first-order valence-electron chi connectivity index (χ1n) is 23.1. The number of nitrogens with zero attached hydrogens (tertiary/aromatic N) is 2. The Morgan fingerprint density at radius 3 is 0.554 bits per heavy atom. The quantitative estimate of drug-likeness (QED) is 0.0995. The smallest absolute Gasteiger partial charge is 0.0970 e. The van der Waals surface area contributed by atoms with Gasteiger partial charge in [-0.2, -0.15) is 0 Å². The molecule has 0 unspecified atom stereocenters. The van der Waals surface area contributed by atoms with E-state index in [-0.39, 0.29) is 0 Å². The van der Waals surface area contributed by atoms with E-state index < -0.39 is 32.3 Å². The molecule has 2 aromatic carbocycles. The molecule has 0 atom stereocenters. The van der Waals surface area contributed by atoms with Crippen LogP contribution in [-0.4, -0.2) is 44.7 Å². The summed E-state index contributed by atoms with van der Waals surface area (Å²) in [7, 11) is -8.22. The lowest BCUT2D eigenvalue weighted by Crippen LogP contribution is -2.60. The van der Waals surface area contributed by atoms with Crippen molar-refractivity contribution >= 4 is 76.8 Å². The van der Waals surface area contributed by atoms with Crippen LogP contribution in [0.15, 0.2) is 46.4 Å². The van der Waals surface area contributed by atoms with Gasteiger partial charge in [-0.3, -0.25) is 9.98 Å². The fourth-order valence-corrected chi connectivity index (χ4v) is 42.4. The van der Waals surface area contributed by atoms with E-state index >= 15 is 0 Å². The Morgan fingerprint density at radius 1 is 0.286 bits per heavy atom. The third kappa shape index (κ3) is 8.36. The first-order valence-corrected chi connectivity index (χ1v) is 32.0. The number of rotatable bonds is 19. The maximum atomic E-state index is 5.76. The molecule has 0 fully saturated rings. The third-order valence-electron chi connectivity index (χ3n) is 15.9. The van der Waals surface area contributed by atoms with E-state index in [9.17, 15) is 0 Å². The van der Waals surface area contributed by atoms with Crippen molar-refractivity contribution in [3.63, 3.8) is 0 Å². The van der Waals surface area contributed by atoms with Gasteiger partial charge >= 0.3 is 0 Å². The zero-order valence-corrected chi connectivity index (χ0v) is 45.4. The monoisotopic (exact) mass is 833 g/mol. The van der Waals surface area contributed by atoms with E-state index in [1.165, 1.54) is 11.4 Å². The lowest BCUT2D eigenvalue weighted by Gasteiger charge is -2.48. The van der Waals surface area contributed by atoms with Crippen LogP contribution in [0.25, 0.3) is 0 Å². The van der Waals surface area contributed by atoms with Gasteiger partial charge < -0.3 is 0 Å². The summed E-state index contributed by atoms with van der Waals surface area (Å²) in [6.07, 6.45) is 4.27. The first-order chi connectivity index (χ1) is 25.8. The lowest BCUT2D eigenvalue weighted by atomic mass is 10.3. The molecular weight excluding hydrogens is 741 g/mol. The number of aliphatic imine (C=N–C) groups is 2. The van der Waals surface area contributed by atoms with E-state index in [2.05, 4.69) is 215 Å². The van der Waals surface area contributed by atoms with Gasteiger partial charge in [0.2, 0.25) is 0 Å². The van der Waals surface area contributed by atoms with Gasteiger partial charge in [0.15, 0.2) is 0 Å². The van der Waals surface area contributed by atoms with Crippen LogP contribution >= 0.6 is 0 Å². The second-order valence-corrected chi connectivity index (χ2v) is 45.0. The molecule has 0 spiro atoms. The van der Waals surface area contributed by atoms with Gasteiger partial charge in [-0.15, -0.1) is 0 Å². The molecule has 0 aliphatic heterocycles. The van der Waals surface area contributed by atoms with Crippen LogP contribution in [0.3, 0.4) is 0 Å². The van der Waals surface area contributed by atoms with E-state index in [1.807, 2.05) is 0 Å². The molecule has 56 heavy (non-hydrogen) atoms. The molecule has 2 nitrogen and oxygen atoms in total. The van der Waals surface area contributed by atoms with Crippen molar-refractivity contribution in [1.29, 1.82) is 0 Å². The highest BCUT2D eigenvalue weighted by atomic mass is 28.3. The maximum absolute atomic E-state index is 5.76. The maximum Gasteiger partial charge on any atom is 0.0970 e. The summed E-state index contributed by atoms with van der Waals surface area (Å²) in [5.41, 5.74) is 9.84. The molecule has 318 valence electrons. The van der Waals surface area contributed by atoms with Crippen LogP contribution in [0.4, 0.5) is 11.4 Å². The van der Waals surface area contributed by atoms with Gasteiger partial charge in [0, 0.05) is 12.4 Å². The molecule has 2 aromatic rings. The summed E-state index contributed by atoms with van der Waals surface area (Å²) in [5.74, 6) is 0. The van der Waals surface area contributed by atoms with Crippen LogP contribution in [0.5, 0.6) is 0 Å². The molecule has 0 aliphatic rings. The zero-order chi connectivity index (χ0) is 43.5. The Labute approximate surface area is 354 Å². The topological polar surface area (TPSA) is 24.7 Å². The highest BCUT2D eigenvalue weighted by Gasteiger charge is 2.52. The second-order valence-electron chi connectivity index (χ2n) is 21.5. The minimum atomic E-state index is -2.06. The van der Waals surface area contributed by atoms with Crippen LogP contribution < -0.4 is 20.7 Å². The standard InChI is InChI=1S/C50H92N2Si4/c1-33(2)53(34(3)4,35(5)6)45-27-25-28-46(54(36(7)8,37(9)10)38(11)12)49(45)51-31-32-52-50-47(55(39(13)14,40(15)16)41(17)18)29-26-30-48(50)56(42(19)20,43(21)22)44(23)24/h25-44H,1-24H3. The van der Waals surface area contributed by atoms with E-state index in [0.717, 1.165) is 0 Å². The van der Waals surface area contributed by atoms with Crippen molar-refractivity contribution in [2.45, 2.75) is 233 Å². The number of benzene rings is 2. The number of para-hydroxylation sites is 2. The van der Waals surface area contributed by atoms with Gasteiger partial charge in [0.1, 0.15) is 0 Å². The summed E-state index contributed by atoms with van der Waals surface area (Å²) in [4.78, 5) is 11.5. The molecule has 0 N–H and O–H groups in total. The minimum Gasteiger partial charge on any atom is -0.256 e. The molecular formula is C50H92N2Si4. The lowest BCUT2D eigenvalue weighted by molar-refractivity contribution is 0.831. The fraction of sp³-hybridized carbons (Fsp3) is 0.720. The third-order valence-corrected chi connectivity index (χ3v) is 44.2. The highest BCUT2D eigenvalue weighted by molar-refractivity contribution is 7.00. The molecule has 0 saturated heterocycles. The molecule has 0 saturated carbocycles. The molecule has 0 heterocycles. The minimum absolute atomic E-state index is 0.602. The average Bonchev–Trinajstić information content (AvgIpc) is 3.03. The molecule has 0 bridgehead atoms. The molecule has 0 aromatic heterocycles. The van der Waals surface area contributed by atoms with Gasteiger partial charge in [0.25, 0.3) is 0 Å². The summed E-state index contributed by atoms with van der Waals surface area (Å²) in [5, 5.41) is 6.32. The van der Waals surface area contributed by atoms with Crippen molar-refractivity contribution in [3.8, 4) is 0 Å². The van der Waals surface area contributed by atoms with Crippen LogP contribution in [0.1, 0.15) is 166 Å². The van der Waals surface area contributed by atoms with Crippen molar-refractivity contribution in [1.82, 2.24) is 0 Å². The van der Waals surface area contributed by atoms with Gasteiger partial charge in [0.05, 0.1) is 43.7 Å². The van der Waals surface area contributed by atoms with Gasteiger partial charge in [-0.1, -0.05) is 203 Å². The SMILES string of the molecule is CC(C)[Si](c1cccc([Si](C(C)C)(C(C)C)C(C)C)c1N=CC=Nc1c([Si](C(C)C)(C(C)C)C(C)C)cccc1[Si](C(C)C)(C(C)C)C(C)C)(C(C)C)C(C)C. The summed E-state index contributed by atoms with van der Waals surface area (Å²) in [6.45, 7) is 60.2. The first kappa shape index (κ1) is 50.8. The van der Waals surface area contributed by atoms with Crippen molar-refractivity contribution in [2.75, 3.05) is 0 Å². The van der Waals surface area contributed by atoms with E-state index in [0.29, 0.717) is 66.5 Å². The predicted molar refractivity (Wildman–Crippen MR) is 272 cm³/mol. The van der Waals surface area contributed by atoms with Crippen LogP contribution in [0, 0.1) is 0 Å². The van der Waals surface area contributed by atoms with Crippen LogP contribution in [0.2, 0.25) is 66.5 Å². The largest absolute Gasteiger partial charge is 0.256 e. The Kier molecular flexibility index (Phi) is 18.0. The second kappa shape index (κ2) is 19.8. The zero-order valence-electron chi connectivity index (χ0n) is 41.4. The summed E-state index contributed by atoms with van der Waals surface area (Å²) >= 11 is 0. The van der Waals surface area contributed by atoms with Gasteiger partial charge in [-0.05, 0) is 87.2 Å². The van der Waals surface area contributed by atoms with E-state index in [1.54, 1.807) is 20.7 Å². The van der Waals surface area contributed by atoms with Crippen molar-refractivity contribution in [3.05, 3.63) is 36.4 Å². The van der Waals surface area contributed by atoms with E-state index in [4.69, 9.17) is 9.98 Å². The summed E-state index contributed by atoms with van der Waals surface area (Å²) < 4.78 is 0. The molecule has 0 amide bonds. The predicted octanol–water partition coefficient (Wildman–Crippen LogP) is 15.3. The number of hydrogen-bond donors (Lipinski definition) is 0. The molecule has 0 radical (unpaired) electrons.